The predicted octanol–water partition coefficient (Wildman–Crippen LogP) is 6.49. The van der Waals surface area contributed by atoms with E-state index in [-0.39, 0.29) is 10.6 Å². The van der Waals surface area contributed by atoms with Crippen LogP contribution in [0, 0.1) is 34.3 Å². The number of thiazole rings is 1. The van der Waals surface area contributed by atoms with Crippen LogP contribution in [0.15, 0.2) is 75.7 Å². The van der Waals surface area contributed by atoms with Crippen molar-refractivity contribution in [2.75, 3.05) is 0 Å². The van der Waals surface area contributed by atoms with Crippen molar-refractivity contribution in [2.45, 2.75) is 33.6 Å². The van der Waals surface area contributed by atoms with Gasteiger partial charge in [-0.25, -0.2) is 9.67 Å². The Labute approximate surface area is 196 Å². The van der Waals surface area contributed by atoms with Crippen LogP contribution < -0.4 is 4.80 Å². The standard InChI is InChI=1S/C26H26N4O2S/c1-17-6-4-8-21(12-17)28-25-29(27-15-19-10-11-20-14-23(19)26(20,2)3)24(16-33-25)18-7-5-9-22(13-18)30(31)32/h4-10,12-13,15-16,20,23H,11,14H2,1-3H3. The summed E-state index contributed by atoms with van der Waals surface area (Å²) < 4.78 is 1.81. The monoisotopic (exact) mass is 458 g/mol. The van der Waals surface area contributed by atoms with Crippen LogP contribution in [0.1, 0.15) is 32.3 Å². The molecule has 6 nitrogen and oxygen atoms in total. The number of aryl methyl sites for hydroxylation is 1. The minimum Gasteiger partial charge on any atom is -0.258 e. The zero-order chi connectivity index (χ0) is 23.2. The van der Waals surface area contributed by atoms with E-state index in [1.54, 1.807) is 12.1 Å². The Morgan fingerprint density at radius 3 is 2.76 bits per heavy atom. The van der Waals surface area contributed by atoms with Crippen molar-refractivity contribution in [3.8, 4) is 11.3 Å². The Bertz CT molecular complexity index is 1360. The molecule has 1 aromatic heterocycles. The molecule has 1 saturated carbocycles. The van der Waals surface area contributed by atoms with Crippen LogP contribution in [-0.2, 0) is 0 Å². The number of nitro benzene ring substituents is 1. The van der Waals surface area contributed by atoms with Crippen molar-refractivity contribution < 1.29 is 4.92 Å². The fourth-order valence-electron chi connectivity index (χ4n) is 4.94. The molecule has 3 aliphatic carbocycles. The number of nitrogens with zero attached hydrogens (tertiary/aromatic N) is 4. The molecule has 2 atom stereocenters. The van der Waals surface area contributed by atoms with Gasteiger partial charge in [0.05, 0.1) is 22.5 Å². The summed E-state index contributed by atoms with van der Waals surface area (Å²) in [6.45, 7) is 6.73. The smallest absolute Gasteiger partial charge is 0.258 e. The van der Waals surface area contributed by atoms with E-state index in [1.165, 1.54) is 29.4 Å². The van der Waals surface area contributed by atoms with Crippen molar-refractivity contribution >= 4 is 28.9 Å². The third-order valence-electron chi connectivity index (χ3n) is 7.10. The summed E-state index contributed by atoms with van der Waals surface area (Å²) in [5, 5.41) is 18.2. The molecule has 1 heterocycles. The first-order valence-electron chi connectivity index (χ1n) is 11.1. The highest BCUT2D eigenvalue weighted by molar-refractivity contribution is 7.07. The molecule has 0 spiro atoms. The second-order valence-electron chi connectivity index (χ2n) is 9.46. The number of hydrogen-bond donors (Lipinski definition) is 0. The summed E-state index contributed by atoms with van der Waals surface area (Å²) in [7, 11) is 0. The van der Waals surface area contributed by atoms with Gasteiger partial charge in [0.2, 0.25) is 4.80 Å². The van der Waals surface area contributed by atoms with Crippen molar-refractivity contribution in [2.24, 2.45) is 27.3 Å². The molecule has 3 aliphatic rings. The molecule has 1 fully saturated rings. The molecule has 7 heteroatoms. The summed E-state index contributed by atoms with van der Waals surface area (Å²) in [5.41, 5.74) is 5.16. The van der Waals surface area contributed by atoms with Crippen LogP contribution in [-0.4, -0.2) is 15.8 Å². The fourth-order valence-corrected chi connectivity index (χ4v) is 5.80. The average molecular weight is 459 g/mol. The Kier molecular flexibility index (Phi) is 5.37. The minimum atomic E-state index is -0.372. The maximum atomic E-state index is 11.3. The van der Waals surface area contributed by atoms with E-state index in [1.807, 2.05) is 53.5 Å². The van der Waals surface area contributed by atoms with Gasteiger partial charge in [-0.2, -0.15) is 5.10 Å². The quantitative estimate of drug-likeness (QED) is 0.249. The number of hydrogen-bond acceptors (Lipinski definition) is 5. The van der Waals surface area contributed by atoms with Crippen LogP contribution >= 0.6 is 11.3 Å². The van der Waals surface area contributed by atoms with Crippen LogP contribution in [0.4, 0.5) is 11.4 Å². The molecule has 6 rings (SSSR count). The highest BCUT2D eigenvalue weighted by Gasteiger charge is 2.50. The zero-order valence-corrected chi connectivity index (χ0v) is 19.7. The Hall–Kier alpha value is -3.32. The first kappa shape index (κ1) is 21.5. The lowest BCUT2D eigenvalue weighted by molar-refractivity contribution is -0.384. The number of rotatable bonds is 5. The molecule has 0 aliphatic heterocycles. The van der Waals surface area contributed by atoms with Gasteiger partial charge < -0.3 is 0 Å². The average Bonchev–Trinajstić information content (AvgIpc) is 3.20. The third kappa shape index (κ3) is 3.97. The van der Waals surface area contributed by atoms with Gasteiger partial charge in [0.15, 0.2) is 0 Å². The molecule has 168 valence electrons. The molecule has 0 radical (unpaired) electrons. The van der Waals surface area contributed by atoms with Crippen molar-refractivity contribution in [1.29, 1.82) is 0 Å². The first-order valence-corrected chi connectivity index (χ1v) is 12.0. The molecule has 0 amide bonds. The summed E-state index contributed by atoms with van der Waals surface area (Å²) >= 11 is 1.48. The topological polar surface area (TPSA) is 72.8 Å². The van der Waals surface area contributed by atoms with Crippen LogP contribution in [0.5, 0.6) is 0 Å². The van der Waals surface area contributed by atoms with Crippen LogP contribution in [0.25, 0.3) is 11.3 Å². The molecule has 2 unspecified atom stereocenters. The first-order chi connectivity index (χ1) is 15.8. The summed E-state index contributed by atoms with van der Waals surface area (Å²) in [6, 6.07) is 14.7. The molecule has 0 saturated heterocycles. The Morgan fingerprint density at radius 1 is 1.21 bits per heavy atom. The van der Waals surface area contributed by atoms with E-state index in [9.17, 15) is 10.1 Å². The number of non-ortho nitro benzene ring substituents is 1. The van der Waals surface area contributed by atoms with Gasteiger partial charge in [0.25, 0.3) is 5.69 Å². The second-order valence-corrected chi connectivity index (χ2v) is 10.3. The summed E-state index contributed by atoms with van der Waals surface area (Å²) in [4.78, 5) is 16.5. The van der Waals surface area contributed by atoms with E-state index in [4.69, 9.17) is 10.1 Å². The van der Waals surface area contributed by atoms with Gasteiger partial charge in [-0.15, -0.1) is 11.3 Å². The van der Waals surface area contributed by atoms with Crippen molar-refractivity contribution in [1.82, 2.24) is 4.68 Å². The largest absolute Gasteiger partial charge is 0.270 e. The van der Waals surface area contributed by atoms with E-state index in [0.717, 1.165) is 39.6 Å². The Morgan fingerprint density at radius 2 is 2.03 bits per heavy atom. The number of nitro groups is 1. The number of allylic oxidation sites excluding steroid dienone is 2. The van der Waals surface area contributed by atoms with Crippen LogP contribution in [0.2, 0.25) is 0 Å². The molecule has 2 aromatic carbocycles. The Balaban J connectivity index is 1.61. The van der Waals surface area contributed by atoms with E-state index in [0.29, 0.717) is 11.3 Å². The highest BCUT2D eigenvalue weighted by Crippen LogP contribution is 2.58. The van der Waals surface area contributed by atoms with Crippen LogP contribution in [0.3, 0.4) is 0 Å². The van der Waals surface area contributed by atoms with Gasteiger partial charge in [-0.05, 0) is 60.3 Å². The molecular weight excluding hydrogens is 432 g/mol. The lowest BCUT2D eigenvalue weighted by Crippen LogP contribution is -2.48. The fraction of sp³-hybridized carbons (Fsp3) is 0.308. The maximum absolute atomic E-state index is 11.3. The summed E-state index contributed by atoms with van der Waals surface area (Å²) in [5.74, 6) is 1.29. The molecule has 2 bridgehead atoms. The second kappa shape index (κ2) is 8.23. The maximum Gasteiger partial charge on any atom is 0.270 e. The molecular formula is C26H26N4O2S. The van der Waals surface area contributed by atoms with Gasteiger partial charge in [-0.3, -0.25) is 10.1 Å². The summed E-state index contributed by atoms with van der Waals surface area (Å²) in [6.07, 6.45) is 6.59. The van der Waals surface area contributed by atoms with E-state index in [2.05, 4.69) is 19.9 Å². The lowest BCUT2D eigenvalue weighted by Gasteiger charge is -2.55. The highest BCUT2D eigenvalue weighted by atomic mass is 32.1. The van der Waals surface area contributed by atoms with Gasteiger partial charge in [0, 0.05) is 23.1 Å². The predicted molar refractivity (Wildman–Crippen MR) is 133 cm³/mol. The molecule has 33 heavy (non-hydrogen) atoms. The third-order valence-corrected chi connectivity index (χ3v) is 7.91. The zero-order valence-electron chi connectivity index (χ0n) is 18.9. The normalized spacial score (nSPS) is 21.7. The van der Waals surface area contributed by atoms with Gasteiger partial charge >= 0.3 is 0 Å². The number of aromatic nitrogens is 1. The van der Waals surface area contributed by atoms with E-state index < -0.39 is 0 Å². The number of benzene rings is 2. The minimum absolute atomic E-state index is 0.0589. The number of fused-ring (bicyclic) bond motifs is 1. The van der Waals surface area contributed by atoms with E-state index >= 15 is 0 Å². The van der Waals surface area contributed by atoms with Gasteiger partial charge in [0.1, 0.15) is 0 Å². The molecule has 3 aromatic rings. The lowest BCUT2D eigenvalue weighted by atomic mass is 9.49. The van der Waals surface area contributed by atoms with Gasteiger partial charge in [-0.1, -0.05) is 44.2 Å². The molecule has 0 N–H and O–H groups in total. The van der Waals surface area contributed by atoms with Crippen molar-refractivity contribution in [3.05, 3.63) is 86.0 Å². The SMILES string of the molecule is Cc1cccc(N=c2scc(-c3cccc([N+](=O)[O-])c3)n2N=CC2=CCC3CC2C3(C)C)c1. The van der Waals surface area contributed by atoms with Crippen molar-refractivity contribution in [3.63, 3.8) is 0 Å².